The largest absolute Gasteiger partial charge is 0.493 e. The second-order valence-corrected chi connectivity index (χ2v) is 6.31. The molecule has 0 aliphatic heterocycles. The minimum atomic E-state index is 0.0654. The number of rotatable bonds is 10. The topological polar surface area (TPSA) is 70.6 Å². The van der Waals surface area contributed by atoms with Crippen LogP contribution in [0.25, 0.3) is 0 Å². The van der Waals surface area contributed by atoms with Gasteiger partial charge in [-0.05, 0) is 19.4 Å². The lowest BCUT2D eigenvalue weighted by Gasteiger charge is -2.23. The van der Waals surface area contributed by atoms with Crippen LogP contribution in [0.3, 0.4) is 0 Å². The number of aromatic nitrogens is 2. The fourth-order valence-electron chi connectivity index (χ4n) is 2.65. The van der Waals surface area contributed by atoms with E-state index in [1.165, 1.54) is 0 Å². The van der Waals surface area contributed by atoms with E-state index in [0.717, 1.165) is 23.5 Å². The first-order valence-electron chi connectivity index (χ1n) is 8.40. The number of methoxy groups -OCH3 is 1. The quantitative estimate of drug-likeness (QED) is 0.675. The standard InChI is InChI=1S/C18H26ClN3O3/c1-4-7-25-18-14(8-15(19)9-17(18)24-3)11-22(5-6-23)12-16-10-20-13(2)21-16/h8-10,23H,4-7,11-12H2,1-3H3,(H,20,21). The fraction of sp³-hybridized carbons (Fsp3) is 0.500. The number of hydrogen-bond donors (Lipinski definition) is 2. The second kappa shape index (κ2) is 9.65. The summed E-state index contributed by atoms with van der Waals surface area (Å²) in [6.45, 7) is 6.39. The summed E-state index contributed by atoms with van der Waals surface area (Å²) in [7, 11) is 1.60. The molecule has 0 fully saturated rings. The number of imidazole rings is 1. The minimum absolute atomic E-state index is 0.0654. The molecule has 0 atom stereocenters. The molecule has 6 nitrogen and oxygen atoms in total. The molecule has 0 aliphatic carbocycles. The number of benzene rings is 1. The third-order valence-corrected chi connectivity index (χ3v) is 3.94. The van der Waals surface area contributed by atoms with Gasteiger partial charge in [-0.3, -0.25) is 4.90 Å². The third-order valence-electron chi connectivity index (χ3n) is 3.73. The maximum absolute atomic E-state index is 9.41. The van der Waals surface area contributed by atoms with Crippen LogP contribution in [0.15, 0.2) is 18.3 Å². The maximum atomic E-state index is 9.41. The van der Waals surface area contributed by atoms with Gasteiger partial charge in [-0.2, -0.15) is 0 Å². The fourth-order valence-corrected chi connectivity index (χ4v) is 2.88. The van der Waals surface area contributed by atoms with Gasteiger partial charge in [-0.1, -0.05) is 18.5 Å². The number of H-pyrrole nitrogens is 1. The summed E-state index contributed by atoms with van der Waals surface area (Å²) in [6.07, 6.45) is 2.71. The molecule has 1 heterocycles. The van der Waals surface area contributed by atoms with Crippen LogP contribution < -0.4 is 9.47 Å². The van der Waals surface area contributed by atoms with E-state index in [9.17, 15) is 5.11 Å². The zero-order valence-corrected chi connectivity index (χ0v) is 15.8. The van der Waals surface area contributed by atoms with Gasteiger partial charge >= 0.3 is 0 Å². The zero-order chi connectivity index (χ0) is 18.2. The summed E-state index contributed by atoms with van der Waals surface area (Å²) in [5, 5.41) is 10.0. The number of nitrogens with zero attached hydrogens (tertiary/aromatic N) is 2. The zero-order valence-electron chi connectivity index (χ0n) is 15.0. The van der Waals surface area contributed by atoms with Gasteiger partial charge in [0.25, 0.3) is 0 Å². The van der Waals surface area contributed by atoms with E-state index >= 15 is 0 Å². The van der Waals surface area contributed by atoms with Gasteiger partial charge in [-0.15, -0.1) is 0 Å². The molecule has 2 aromatic rings. The van der Waals surface area contributed by atoms with Crippen molar-refractivity contribution in [1.82, 2.24) is 14.9 Å². The van der Waals surface area contributed by atoms with E-state index < -0.39 is 0 Å². The SMILES string of the molecule is CCCOc1c(CN(CCO)Cc2cnc(C)[nH]2)cc(Cl)cc1OC. The van der Waals surface area contributed by atoms with Crippen molar-refractivity contribution in [3.05, 3.63) is 40.4 Å². The molecule has 2 N–H and O–H groups in total. The predicted octanol–water partition coefficient (Wildman–Crippen LogP) is 3.16. The van der Waals surface area contributed by atoms with Crippen LogP contribution in [0.4, 0.5) is 0 Å². The minimum Gasteiger partial charge on any atom is -0.493 e. The molecule has 0 radical (unpaired) electrons. The number of aryl methyl sites for hydroxylation is 1. The van der Waals surface area contributed by atoms with E-state index in [0.29, 0.717) is 42.8 Å². The number of ether oxygens (including phenoxy) is 2. The van der Waals surface area contributed by atoms with Crippen molar-refractivity contribution in [2.24, 2.45) is 0 Å². The van der Waals surface area contributed by atoms with Gasteiger partial charge < -0.3 is 19.6 Å². The highest BCUT2D eigenvalue weighted by atomic mass is 35.5. The van der Waals surface area contributed by atoms with Gasteiger partial charge in [0, 0.05) is 48.2 Å². The van der Waals surface area contributed by atoms with Crippen LogP contribution in [-0.2, 0) is 13.1 Å². The lowest BCUT2D eigenvalue weighted by atomic mass is 10.1. The Labute approximate surface area is 153 Å². The Morgan fingerprint density at radius 2 is 2.12 bits per heavy atom. The molecule has 0 unspecified atom stereocenters. The van der Waals surface area contributed by atoms with E-state index in [1.807, 2.05) is 19.2 Å². The molecule has 7 heteroatoms. The van der Waals surface area contributed by atoms with Crippen LogP contribution in [0, 0.1) is 6.92 Å². The molecular formula is C18H26ClN3O3. The molecule has 0 aliphatic rings. The number of aromatic amines is 1. The van der Waals surface area contributed by atoms with Gasteiger partial charge in [0.1, 0.15) is 5.82 Å². The Balaban J connectivity index is 2.25. The molecule has 1 aromatic carbocycles. The first-order chi connectivity index (χ1) is 12.1. The number of hydrogen-bond acceptors (Lipinski definition) is 5. The molecule has 0 saturated carbocycles. The van der Waals surface area contributed by atoms with E-state index in [-0.39, 0.29) is 6.61 Å². The van der Waals surface area contributed by atoms with E-state index in [1.54, 1.807) is 13.2 Å². The molecule has 0 spiro atoms. The normalized spacial score (nSPS) is 11.1. The summed E-state index contributed by atoms with van der Waals surface area (Å²) in [6, 6.07) is 3.64. The first-order valence-corrected chi connectivity index (χ1v) is 8.78. The Kier molecular flexibility index (Phi) is 7.55. The Morgan fingerprint density at radius 1 is 1.32 bits per heavy atom. The van der Waals surface area contributed by atoms with Crippen molar-refractivity contribution < 1.29 is 14.6 Å². The van der Waals surface area contributed by atoms with Crippen LogP contribution in [-0.4, -0.2) is 46.8 Å². The van der Waals surface area contributed by atoms with Crippen molar-refractivity contribution in [2.45, 2.75) is 33.4 Å². The summed E-state index contributed by atoms with van der Waals surface area (Å²) < 4.78 is 11.3. The van der Waals surface area contributed by atoms with Crippen molar-refractivity contribution in [3.8, 4) is 11.5 Å². The molecule has 1 aromatic heterocycles. The monoisotopic (exact) mass is 367 g/mol. The average molecular weight is 368 g/mol. The predicted molar refractivity (Wildman–Crippen MR) is 98.3 cm³/mol. The van der Waals surface area contributed by atoms with E-state index in [4.69, 9.17) is 21.1 Å². The van der Waals surface area contributed by atoms with Gasteiger partial charge in [0.15, 0.2) is 11.5 Å². The smallest absolute Gasteiger partial charge is 0.165 e. The summed E-state index contributed by atoms with van der Waals surface area (Å²) in [4.78, 5) is 9.55. The summed E-state index contributed by atoms with van der Waals surface area (Å²) in [5.41, 5.74) is 1.93. The van der Waals surface area contributed by atoms with Crippen LogP contribution in [0.1, 0.15) is 30.4 Å². The molecule has 138 valence electrons. The lowest BCUT2D eigenvalue weighted by Crippen LogP contribution is -2.26. The number of aliphatic hydroxyl groups excluding tert-OH is 1. The van der Waals surface area contributed by atoms with Crippen molar-refractivity contribution in [2.75, 3.05) is 26.9 Å². The molecule has 0 amide bonds. The molecule has 25 heavy (non-hydrogen) atoms. The number of nitrogens with one attached hydrogen (secondary N) is 1. The first kappa shape index (κ1) is 19.6. The highest BCUT2D eigenvalue weighted by Gasteiger charge is 2.17. The van der Waals surface area contributed by atoms with E-state index in [2.05, 4.69) is 21.8 Å². The van der Waals surface area contributed by atoms with Crippen molar-refractivity contribution in [1.29, 1.82) is 0 Å². The van der Waals surface area contributed by atoms with Gasteiger partial charge in [0.05, 0.1) is 20.3 Å². The lowest BCUT2D eigenvalue weighted by molar-refractivity contribution is 0.180. The molecule has 0 bridgehead atoms. The van der Waals surface area contributed by atoms with Crippen LogP contribution in [0.2, 0.25) is 5.02 Å². The van der Waals surface area contributed by atoms with Crippen LogP contribution >= 0.6 is 11.6 Å². The van der Waals surface area contributed by atoms with Crippen molar-refractivity contribution >= 4 is 11.6 Å². The van der Waals surface area contributed by atoms with Crippen LogP contribution in [0.5, 0.6) is 11.5 Å². The Morgan fingerprint density at radius 3 is 2.72 bits per heavy atom. The average Bonchev–Trinajstić information content (AvgIpc) is 2.98. The second-order valence-electron chi connectivity index (χ2n) is 5.87. The van der Waals surface area contributed by atoms with Gasteiger partial charge in [0.2, 0.25) is 0 Å². The van der Waals surface area contributed by atoms with Crippen molar-refractivity contribution in [3.63, 3.8) is 0 Å². The Hall–Kier alpha value is -1.76. The number of aliphatic hydroxyl groups is 1. The summed E-state index contributed by atoms with van der Waals surface area (Å²) in [5.74, 6) is 2.20. The highest BCUT2D eigenvalue weighted by Crippen LogP contribution is 2.35. The molecule has 2 rings (SSSR count). The van der Waals surface area contributed by atoms with Gasteiger partial charge in [-0.25, -0.2) is 4.98 Å². The molecule has 0 saturated heterocycles. The maximum Gasteiger partial charge on any atom is 0.165 e. The highest BCUT2D eigenvalue weighted by molar-refractivity contribution is 6.30. The molecular weight excluding hydrogens is 342 g/mol. The summed E-state index contributed by atoms with van der Waals surface area (Å²) >= 11 is 6.24. The Bertz CT molecular complexity index is 676. The third kappa shape index (κ3) is 5.63. The number of halogens is 1.